The molecule has 0 fully saturated rings. The summed E-state index contributed by atoms with van der Waals surface area (Å²) in [5.74, 6) is 6.55. The number of halogens is 1. The molecule has 0 aliphatic carbocycles. The zero-order valence-corrected chi connectivity index (χ0v) is 12.0. The average Bonchev–Trinajstić information content (AvgIpc) is 2.34. The highest BCUT2D eigenvalue weighted by Gasteiger charge is 2.19. The maximum atomic E-state index is 6.39. The third kappa shape index (κ3) is 3.07. The molecule has 1 aromatic rings. The minimum Gasteiger partial charge on any atom is -0.493 e. The van der Waals surface area contributed by atoms with Crippen molar-refractivity contribution >= 4 is 11.6 Å². The van der Waals surface area contributed by atoms with Gasteiger partial charge in [-0.3, -0.25) is 0 Å². The SMILES string of the molecule is COc1cc(CCON)c(C(C)C)c(Cl)c1OC. The molecule has 0 aliphatic heterocycles. The van der Waals surface area contributed by atoms with E-state index in [1.807, 2.05) is 6.07 Å². The van der Waals surface area contributed by atoms with Gasteiger partial charge in [0.1, 0.15) is 0 Å². The summed E-state index contributed by atoms with van der Waals surface area (Å²) in [6, 6.07) is 1.93. The van der Waals surface area contributed by atoms with Crippen molar-refractivity contribution in [2.24, 2.45) is 5.90 Å². The molecule has 0 amide bonds. The highest BCUT2D eigenvalue weighted by Crippen LogP contribution is 2.42. The van der Waals surface area contributed by atoms with Crippen LogP contribution in [0.3, 0.4) is 0 Å². The first-order valence-electron chi connectivity index (χ1n) is 5.81. The highest BCUT2D eigenvalue weighted by molar-refractivity contribution is 6.33. The monoisotopic (exact) mass is 273 g/mol. The second-order valence-electron chi connectivity index (χ2n) is 4.27. The molecule has 0 saturated heterocycles. The van der Waals surface area contributed by atoms with Crippen LogP contribution in [0, 0.1) is 0 Å². The molecule has 5 heteroatoms. The van der Waals surface area contributed by atoms with E-state index in [9.17, 15) is 0 Å². The zero-order valence-electron chi connectivity index (χ0n) is 11.2. The lowest BCUT2D eigenvalue weighted by molar-refractivity contribution is 0.141. The van der Waals surface area contributed by atoms with E-state index in [0.29, 0.717) is 29.5 Å². The Kier molecular flexibility index (Phi) is 5.72. The van der Waals surface area contributed by atoms with Crippen molar-refractivity contribution in [2.75, 3.05) is 20.8 Å². The van der Waals surface area contributed by atoms with Crippen LogP contribution in [-0.4, -0.2) is 20.8 Å². The molecule has 0 atom stereocenters. The maximum absolute atomic E-state index is 6.39. The quantitative estimate of drug-likeness (QED) is 0.810. The lowest BCUT2D eigenvalue weighted by Gasteiger charge is -2.19. The Labute approximate surface area is 113 Å². The van der Waals surface area contributed by atoms with Crippen LogP contribution in [-0.2, 0) is 11.3 Å². The van der Waals surface area contributed by atoms with Crippen LogP contribution in [0.15, 0.2) is 6.07 Å². The molecule has 102 valence electrons. The first-order valence-corrected chi connectivity index (χ1v) is 6.19. The molecule has 1 aromatic carbocycles. The minimum atomic E-state index is 0.282. The summed E-state index contributed by atoms with van der Waals surface area (Å²) in [6.07, 6.45) is 0.685. The highest BCUT2D eigenvalue weighted by atomic mass is 35.5. The predicted octanol–water partition coefficient (Wildman–Crippen LogP) is 2.91. The smallest absolute Gasteiger partial charge is 0.179 e. The summed E-state index contributed by atoms with van der Waals surface area (Å²) in [4.78, 5) is 4.64. The van der Waals surface area contributed by atoms with Crippen molar-refractivity contribution in [1.82, 2.24) is 0 Å². The molecular weight excluding hydrogens is 254 g/mol. The Morgan fingerprint density at radius 1 is 1.28 bits per heavy atom. The van der Waals surface area contributed by atoms with Gasteiger partial charge in [0.2, 0.25) is 0 Å². The molecule has 1 rings (SSSR count). The molecule has 4 nitrogen and oxygen atoms in total. The molecule has 0 aromatic heterocycles. The van der Waals surface area contributed by atoms with Crippen molar-refractivity contribution in [3.63, 3.8) is 0 Å². The molecular formula is C13H20ClNO3. The molecule has 0 aliphatic rings. The number of hydrogen-bond acceptors (Lipinski definition) is 4. The van der Waals surface area contributed by atoms with Crippen molar-refractivity contribution in [3.8, 4) is 11.5 Å². The minimum absolute atomic E-state index is 0.282. The first kappa shape index (κ1) is 15.1. The van der Waals surface area contributed by atoms with Crippen LogP contribution >= 0.6 is 11.6 Å². The number of nitrogens with two attached hydrogens (primary N) is 1. The second kappa shape index (κ2) is 6.83. The van der Waals surface area contributed by atoms with Gasteiger partial charge in [-0.2, -0.15) is 0 Å². The van der Waals surface area contributed by atoms with Crippen molar-refractivity contribution in [3.05, 3.63) is 22.2 Å². The average molecular weight is 274 g/mol. The van der Waals surface area contributed by atoms with Crippen molar-refractivity contribution < 1.29 is 14.3 Å². The third-order valence-electron chi connectivity index (χ3n) is 2.80. The Balaban J connectivity index is 3.34. The fraction of sp³-hybridized carbons (Fsp3) is 0.538. The Morgan fingerprint density at radius 3 is 2.39 bits per heavy atom. The van der Waals surface area contributed by atoms with Crippen LogP contribution in [0.4, 0.5) is 0 Å². The van der Waals surface area contributed by atoms with Gasteiger partial charge < -0.3 is 14.3 Å². The van der Waals surface area contributed by atoms with E-state index < -0.39 is 0 Å². The number of methoxy groups -OCH3 is 2. The number of hydrogen-bond donors (Lipinski definition) is 1. The van der Waals surface area contributed by atoms with Crippen LogP contribution in [0.5, 0.6) is 11.5 Å². The van der Waals surface area contributed by atoms with Gasteiger partial charge in [-0.1, -0.05) is 25.4 Å². The van der Waals surface area contributed by atoms with Gasteiger partial charge >= 0.3 is 0 Å². The van der Waals surface area contributed by atoms with Gasteiger partial charge in [0.25, 0.3) is 0 Å². The summed E-state index contributed by atoms with van der Waals surface area (Å²) >= 11 is 6.39. The Morgan fingerprint density at radius 2 is 1.94 bits per heavy atom. The summed E-state index contributed by atoms with van der Waals surface area (Å²) in [5.41, 5.74) is 2.12. The number of rotatable bonds is 6. The van der Waals surface area contributed by atoms with E-state index in [0.717, 1.165) is 11.1 Å². The van der Waals surface area contributed by atoms with Gasteiger partial charge in [-0.05, 0) is 29.5 Å². The Hall–Kier alpha value is -0.970. The summed E-state index contributed by atoms with van der Waals surface area (Å²) < 4.78 is 10.6. The molecule has 0 heterocycles. The van der Waals surface area contributed by atoms with E-state index >= 15 is 0 Å². The predicted molar refractivity (Wildman–Crippen MR) is 72.5 cm³/mol. The fourth-order valence-corrected chi connectivity index (χ4v) is 2.52. The van der Waals surface area contributed by atoms with E-state index in [1.165, 1.54) is 0 Å². The van der Waals surface area contributed by atoms with Crippen molar-refractivity contribution in [2.45, 2.75) is 26.2 Å². The van der Waals surface area contributed by atoms with Gasteiger partial charge in [0, 0.05) is 0 Å². The van der Waals surface area contributed by atoms with Gasteiger partial charge in [-0.15, -0.1) is 0 Å². The summed E-state index contributed by atoms with van der Waals surface area (Å²) in [7, 11) is 3.17. The Bertz CT molecular complexity index is 408. The topological polar surface area (TPSA) is 53.7 Å². The third-order valence-corrected chi connectivity index (χ3v) is 3.18. The van der Waals surface area contributed by atoms with Crippen molar-refractivity contribution in [1.29, 1.82) is 0 Å². The molecule has 2 N–H and O–H groups in total. The molecule has 0 spiro atoms. The van der Waals surface area contributed by atoms with Crippen LogP contribution in [0.2, 0.25) is 5.02 Å². The van der Waals surface area contributed by atoms with Crippen LogP contribution in [0.1, 0.15) is 30.9 Å². The normalized spacial score (nSPS) is 10.8. The number of benzene rings is 1. The zero-order chi connectivity index (χ0) is 13.7. The molecule has 0 unspecified atom stereocenters. The van der Waals surface area contributed by atoms with Crippen LogP contribution < -0.4 is 15.4 Å². The van der Waals surface area contributed by atoms with Gasteiger partial charge in [-0.25, -0.2) is 5.90 Å². The molecule has 0 radical (unpaired) electrons. The largest absolute Gasteiger partial charge is 0.493 e. The number of ether oxygens (including phenoxy) is 2. The standard InChI is InChI=1S/C13H20ClNO3/c1-8(2)11-9(5-6-18-15)7-10(16-3)13(17-4)12(11)14/h7-8H,5-6,15H2,1-4H3. The van der Waals surface area contributed by atoms with E-state index in [2.05, 4.69) is 18.7 Å². The van der Waals surface area contributed by atoms with E-state index in [4.69, 9.17) is 27.0 Å². The lowest BCUT2D eigenvalue weighted by atomic mass is 9.94. The maximum Gasteiger partial charge on any atom is 0.179 e. The second-order valence-corrected chi connectivity index (χ2v) is 4.65. The van der Waals surface area contributed by atoms with Gasteiger partial charge in [0.05, 0.1) is 25.8 Å². The van der Waals surface area contributed by atoms with Gasteiger partial charge in [0.15, 0.2) is 11.5 Å². The molecule has 0 bridgehead atoms. The van der Waals surface area contributed by atoms with E-state index in [-0.39, 0.29) is 5.92 Å². The fourth-order valence-electron chi connectivity index (χ4n) is 2.01. The first-order chi connectivity index (χ1) is 8.56. The summed E-state index contributed by atoms with van der Waals surface area (Å²) in [5, 5.41) is 0.596. The van der Waals surface area contributed by atoms with Crippen LogP contribution in [0.25, 0.3) is 0 Å². The summed E-state index contributed by atoms with van der Waals surface area (Å²) in [6.45, 7) is 4.60. The molecule has 18 heavy (non-hydrogen) atoms. The molecule has 0 saturated carbocycles. The lowest BCUT2D eigenvalue weighted by Crippen LogP contribution is -2.08. The van der Waals surface area contributed by atoms with E-state index in [1.54, 1.807) is 14.2 Å².